The maximum Gasteiger partial charge on any atom is 0.304 e. The van der Waals surface area contributed by atoms with Crippen molar-refractivity contribution in [1.29, 1.82) is 0 Å². The zero-order valence-electron chi connectivity index (χ0n) is 11.1. The zero-order valence-corrected chi connectivity index (χ0v) is 11.9. The summed E-state index contributed by atoms with van der Waals surface area (Å²) in [6.45, 7) is 0.581. The number of rotatable bonds is 10. The van der Waals surface area contributed by atoms with Crippen molar-refractivity contribution >= 4 is 21.9 Å². The molecule has 0 aromatic carbocycles. The van der Waals surface area contributed by atoms with Crippen LogP contribution < -0.4 is 5.32 Å². The molecule has 0 aromatic heterocycles. The van der Waals surface area contributed by atoms with Crippen molar-refractivity contribution in [3.63, 3.8) is 0 Å². The molecule has 9 heteroatoms. The first-order valence-corrected chi connectivity index (χ1v) is 7.32. The van der Waals surface area contributed by atoms with E-state index in [0.717, 1.165) is 4.31 Å². The summed E-state index contributed by atoms with van der Waals surface area (Å²) >= 11 is 0. The van der Waals surface area contributed by atoms with Crippen LogP contribution in [0.25, 0.3) is 0 Å². The van der Waals surface area contributed by atoms with Gasteiger partial charge in [-0.25, -0.2) is 8.42 Å². The van der Waals surface area contributed by atoms with Crippen molar-refractivity contribution in [2.75, 3.05) is 39.6 Å². The maximum absolute atomic E-state index is 11.6. The van der Waals surface area contributed by atoms with E-state index in [9.17, 15) is 18.0 Å². The fourth-order valence-corrected chi connectivity index (χ4v) is 2.23. The second kappa shape index (κ2) is 8.83. The molecule has 0 atom stereocenters. The van der Waals surface area contributed by atoms with Crippen LogP contribution in [0, 0.1) is 0 Å². The van der Waals surface area contributed by atoms with Gasteiger partial charge in [-0.2, -0.15) is 4.31 Å². The quantitative estimate of drug-likeness (QED) is 0.493. The average Bonchev–Trinajstić information content (AvgIpc) is 2.32. The third-order valence-corrected chi connectivity index (χ3v) is 4.06. The minimum Gasteiger partial charge on any atom is -0.481 e. The summed E-state index contributed by atoms with van der Waals surface area (Å²) in [5.41, 5.74) is 0. The molecule has 0 aliphatic carbocycles. The lowest BCUT2D eigenvalue weighted by molar-refractivity contribution is -0.136. The van der Waals surface area contributed by atoms with E-state index in [2.05, 4.69) is 5.32 Å². The van der Waals surface area contributed by atoms with Gasteiger partial charge < -0.3 is 15.2 Å². The van der Waals surface area contributed by atoms with Crippen LogP contribution in [0.4, 0.5) is 0 Å². The number of carboxylic acid groups (broad SMARTS) is 1. The van der Waals surface area contributed by atoms with Gasteiger partial charge in [0.1, 0.15) is 0 Å². The molecule has 112 valence electrons. The fourth-order valence-electron chi connectivity index (χ4n) is 1.17. The van der Waals surface area contributed by atoms with E-state index in [-0.39, 0.29) is 6.54 Å². The monoisotopic (exact) mass is 296 g/mol. The SMILES string of the molecule is COCCCNC(=O)CN(C)S(=O)(=O)CCC(=O)O. The highest BCUT2D eigenvalue weighted by Crippen LogP contribution is 2.00. The van der Waals surface area contributed by atoms with Crippen molar-refractivity contribution in [2.45, 2.75) is 12.8 Å². The van der Waals surface area contributed by atoms with Gasteiger partial charge in [-0.1, -0.05) is 0 Å². The van der Waals surface area contributed by atoms with Crippen molar-refractivity contribution in [3.05, 3.63) is 0 Å². The molecule has 0 bridgehead atoms. The van der Waals surface area contributed by atoms with E-state index >= 15 is 0 Å². The van der Waals surface area contributed by atoms with E-state index < -0.39 is 34.1 Å². The van der Waals surface area contributed by atoms with E-state index in [1.54, 1.807) is 7.11 Å². The molecule has 0 fully saturated rings. The van der Waals surface area contributed by atoms with Crippen LogP contribution in [0.1, 0.15) is 12.8 Å². The molecule has 0 saturated heterocycles. The van der Waals surface area contributed by atoms with Gasteiger partial charge in [0.2, 0.25) is 15.9 Å². The molecule has 0 heterocycles. The Bertz CT molecular complexity index is 395. The van der Waals surface area contributed by atoms with Gasteiger partial charge >= 0.3 is 5.97 Å². The third kappa shape index (κ3) is 8.51. The number of aliphatic carboxylic acids is 1. The topological polar surface area (TPSA) is 113 Å². The summed E-state index contributed by atoms with van der Waals surface area (Å²) in [6.07, 6.45) is 0.153. The van der Waals surface area contributed by atoms with E-state index in [1.807, 2.05) is 0 Å². The van der Waals surface area contributed by atoms with Crippen molar-refractivity contribution in [1.82, 2.24) is 9.62 Å². The molecule has 0 saturated carbocycles. The Kier molecular flexibility index (Phi) is 8.28. The summed E-state index contributed by atoms with van der Waals surface area (Å²) in [5.74, 6) is -2.14. The fraction of sp³-hybridized carbons (Fsp3) is 0.800. The number of likely N-dealkylation sites (N-methyl/N-ethyl adjacent to an activating group) is 1. The minimum absolute atomic E-state index is 0.324. The number of hydrogen-bond donors (Lipinski definition) is 2. The second-order valence-electron chi connectivity index (χ2n) is 3.91. The van der Waals surface area contributed by atoms with Gasteiger partial charge in [0.25, 0.3) is 0 Å². The molecular formula is C10H20N2O6S. The van der Waals surface area contributed by atoms with Crippen LogP contribution in [0.2, 0.25) is 0 Å². The van der Waals surface area contributed by atoms with Gasteiger partial charge in [0.15, 0.2) is 0 Å². The standard InChI is InChI=1S/C10H20N2O6S/c1-12(19(16,17)7-4-10(14)15)8-9(13)11-5-3-6-18-2/h3-8H2,1-2H3,(H,11,13)(H,14,15). The number of carbonyl (C=O) groups excluding carboxylic acids is 1. The van der Waals surface area contributed by atoms with Crippen LogP contribution >= 0.6 is 0 Å². The summed E-state index contributed by atoms with van der Waals surface area (Å²) in [4.78, 5) is 21.7. The van der Waals surface area contributed by atoms with Gasteiger partial charge in [-0.3, -0.25) is 9.59 Å². The third-order valence-electron chi connectivity index (χ3n) is 2.26. The summed E-state index contributed by atoms with van der Waals surface area (Å²) < 4.78 is 28.9. The Labute approximate surface area is 112 Å². The Balaban J connectivity index is 4.09. The highest BCUT2D eigenvalue weighted by atomic mass is 32.2. The van der Waals surface area contributed by atoms with Gasteiger partial charge in [0, 0.05) is 27.3 Å². The number of methoxy groups -OCH3 is 1. The number of amides is 1. The Morgan fingerprint density at radius 1 is 1.37 bits per heavy atom. The van der Waals surface area contributed by atoms with Gasteiger partial charge in [-0.05, 0) is 6.42 Å². The van der Waals surface area contributed by atoms with Gasteiger partial charge in [0.05, 0.1) is 18.7 Å². The van der Waals surface area contributed by atoms with Crippen LogP contribution in [0.15, 0.2) is 0 Å². The average molecular weight is 296 g/mol. The van der Waals surface area contributed by atoms with E-state index in [4.69, 9.17) is 9.84 Å². The molecule has 0 aliphatic rings. The second-order valence-corrected chi connectivity index (χ2v) is 6.11. The first-order chi connectivity index (χ1) is 8.79. The number of ether oxygens (including phenoxy) is 1. The predicted molar refractivity (Wildman–Crippen MR) is 68.2 cm³/mol. The molecule has 19 heavy (non-hydrogen) atoms. The molecule has 2 N–H and O–H groups in total. The van der Waals surface area contributed by atoms with Crippen molar-refractivity contribution in [2.24, 2.45) is 0 Å². The van der Waals surface area contributed by atoms with Crippen LogP contribution in [0.5, 0.6) is 0 Å². The van der Waals surface area contributed by atoms with E-state index in [0.29, 0.717) is 19.6 Å². The largest absolute Gasteiger partial charge is 0.481 e. The Morgan fingerprint density at radius 3 is 2.53 bits per heavy atom. The lowest BCUT2D eigenvalue weighted by Crippen LogP contribution is -2.40. The summed E-state index contributed by atoms with van der Waals surface area (Å²) in [6, 6.07) is 0. The molecule has 0 aliphatic heterocycles. The van der Waals surface area contributed by atoms with Gasteiger partial charge in [-0.15, -0.1) is 0 Å². The van der Waals surface area contributed by atoms with E-state index in [1.165, 1.54) is 7.05 Å². The molecule has 0 aromatic rings. The van der Waals surface area contributed by atoms with Crippen LogP contribution in [0.3, 0.4) is 0 Å². The molecule has 0 radical (unpaired) electrons. The number of nitrogens with one attached hydrogen (secondary N) is 1. The zero-order chi connectivity index (χ0) is 14.9. The minimum atomic E-state index is -3.72. The van der Waals surface area contributed by atoms with Crippen molar-refractivity contribution < 1.29 is 27.9 Å². The lowest BCUT2D eigenvalue weighted by Gasteiger charge is -2.16. The predicted octanol–water partition coefficient (Wildman–Crippen LogP) is -1.12. The lowest BCUT2D eigenvalue weighted by atomic mass is 10.4. The number of sulfonamides is 1. The summed E-state index contributed by atoms with van der Waals surface area (Å²) in [5, 5.41) is 11.0. The Hall–Kier alpha value is -1.19. The molecule has 8 nitrogen and oxygen atoms in total. The summed E-state index contributed by atoms with van der Waals surface area (Å²) in [7, 11) is -0.930. The number of nitrogens with zero attached hydrogens (tertiary/aromatic N) is 1. The molecule has 0 spiro atoms. The molecule has 0 rings (SSSR count). The number of hydrogen-bond acceptors (Lipinski definition) is 5. The highest BCUT2D eigenvalue weighted by molar-refractivity contribution is 7.89. The molecule has 0 unspecified atom stereocenters. The maximum atomic E-state index is 11.6. The number of carboxylic acids is 1. The highest BCUT2D eigenvalue weighted by Gasteiger charge is 2.21. The number of carbonyl (C=O) groups is 2. The van der Waals surface area contributed by atoms with Crippen LogP contribution in [-0.4, -0.2) is 69.3 Å². The normalized spacial score (nSPS) is 11.5. The first-order valence-electron chi connectivity index (χ1n) is 5.71. The van der Waals surface area contributed by atoms with Crippen LogP contribution in [-0.2, 0) is 24.3 Å². The smallest absolute Gasteiger partial charge is 0.304 e. The first kappa shape index (κ1) is 17.8. The Morgan fingerprint density at radius 2 is 2.00 bits per heavy atom. The molecule has 1 amide bonds. The molecular weight excluding hydrogens is 276 g/mol. The van der Waals surface area contributed by atoms with Crippen molar-refractivity contribution in [3.8, 4) is 0 Å².